The van der Waals surface area contributed by atoms with E-state index in [1.807, 2.05) is 0 Å². The second-order valence-electron chi connectivity index (χ2n) is 6.08. The minimum atomic E-state index is 0.272. The minimum Gasteiger partial charge on any atom is -0.329 e. The highest BCUT2D eigenvalue weighted by molar-refractivity contribution is 9.10. The monoisotopic (exact) mass is 345 g/mol. The van der Waals surface area contributed by atoms with Crippen LogP contribution in [0.15, 0.2) is 15.9 Å². The van der Waals surface area contributed by atoms with Crippen LogP contribution in [0, 0.1) is 0 Å². The van der Waals surface area contributed by atoms with Gasteiger partial charge in [0.25, 0.3) is 0 Å². The Morgan fingerprint density at radius 2 is 1.95 bits per heavy atom. The number of rotatable bonds is 3. The molecule has 1 unspecified atom stereocenters. The molecule has 1 aromatic rings. The van der Waals surface area contributed by atoms with Crippen LogP contribution in [0.4, 0.5) is 0 Å². The first kappa shape index (κ1) is 15.4. The molecule has 19 heavy (non-hydrogen) atoms. The number of nitrogens with zero attached hydrogens (tertiary/aromatic N) is 2. The zero-order chi connectivity index (χ0) is 14.0. The topological polar surface area (TPSA) is 32.5 Å². The van der Waals surface area contributed by atoms with Crippen molar-refractivity contribution in [3.63, 3.8) is 0 Å². The number of halogens is 1. The molecule has 2 heterocycles. The predicted molar refractivity (Wildman–Crippen MR) is 86.7 cm³/mol. The smallest absolute Gasteiger partial charge is 0.0576 e. The van der Waals surface area contributed by atoms with Crippen molar-refractivity contribution in [3.8, 4) is 0 Å². The standard InChI is InChI=1S/C14H24BrN3S/c1-14(2,3)18-7-5-17(6-8-18)12(10-16)13-11(15)4-9-19-13/h4,9,12H,5-8,10,16H2,1-3H3. The average molecular weight is 346 g/mol. The summed E-state index contributed by atoms with van der Waals surface area (Å²) in [4.78, 5) is 6.45. The molecule has 1 saturated heterocycles. The zero-order valence-corrected chi connectivity index (χ0v) is 14.4. The average Bonchev–Trinajstić information content (AvgIpc) is 2.76. The highest BCUT2D eigenvalue weighted by atomic mass is 79.9. The Labute approximate surface area is 128 Å². The summed E-state index contributed by atoms with van der Waals surface area (Å²) in [5.41, 5.74) is 6.29. The Hall–Kier alpha value is 0.0600. The van der Waals surface area contributed by atoms with Crippen LogP contribution in [0.3, 0.4) is 0 Å². The number of hydrogen-bond donors (Lipinski definition) is 1. The van der Waals surface area contributed by atoms with E-state index in [9.17, 15) is 0 Å². The number of piperazine rings is 1. The highest BCUT2D eigenvalue weighted by Gasteiger charge is 2.30. The Morgan fingerprint density at radius 3 is 2.37 bits per heavy atom. The van der Waals surface area contributed by atoms with E-state index < -0.39 is 0 Å². The molecule has 1 aliphatic rings. The van der Waals surface area contributed by atoms with E-state index in [-0.39, 0.29) is 5.54 Å². The van der Waals surface area contributed by atoms with Crippen molar-refractivity contribution in [2.24, 2.45) is 5.73 Å². The molecule has 1 aliphatic heterocycles. The maximum atomic E-state index is 6.01. The second kappa shape index (κ2) is 6.22. The molecular formula is C14H24BrN3S. The summed E-state index contributed by atoms with van der Waals surface area (Å²) < 4.78 is 1.20. The number of thiophene rings is 1. The van der Waals surface area contributed by atoms with Gasteiger partial charge in [0.05, 0.1) is 6.04 Å². The van der Waals surface area contributed by atoms with Crippen LogP contribution in [-0.4, -0.2) is 48.1 Å². The Balaban J connectivity index is 2.02. The summed E-state index contributed by atoms with van der Waals surface area (Å²) in [5.74, 6) is 0. The molecule has 0 radical (unpaired) electrons. The van der Waals surface area contributed by atoms with Gasteiger partial charge in [0, 0.05) is 47.6 Å². The quantitative estimate of drug-likeness (QED) is 0.913. The molecule has 108 valence electrons. The summed E-state index contributed by atoms with van der Waals surface area (Å²) in [6.07, 6.45) is 0. The molecule has 0 amide bonds. The maximum absolute atomic E-state index is 6.01. The molecule has 1 atom stereocenters. The molecule has 3 nitrogen and oxygen atoms in total. The van der Waals surface area contributed by atoms with Crippen LogP contribution in [-0.2, 0) is 0 Å². The second-order valence-corrected chi connectivity index (χ2v) is 7.88. The molecule has 0 aromatic carbocycles. The van der Waals surface area contributed by atoms with Gasteiger partial charge in [-0.15, -0.1) is 11.3 Å². The third kappa shape index (κ3) is 3.58. The first-order chi connectivity index (χ1) is 8.93. The van der Waals surface area contributed by atoms with Gasteiger partial charge in [0.15, 0.2) is 0 Å². The van der Waals surface area contributed by atoms with E-state index in [0.29, 0.717) is 12.6 Å². The predicted octanol–water partition coefficient (Wildman–Crippen LogP) is 2.93. The van der Waals surface area contributed by atoms with Crippen LogP contribution in [0.2, 0.25) is 0 Å². The molecule has 1 fully saturated rings. The van der Waals surface area contributed by atoms with Crippen LogP contribution in [0.5, 0.6) is 0 Å². The Bertz CT molecular complexity index is 405. The highest BCUT2D eigenvalue weighted by Crippen LogP contribution is 2.33. The van der Waals surface area contributed by atoms with Gasteiger partial charge in [-0.05, 0) is 48.1 Å². The first-order valence-corrected chi connectivity index (χ1v) is 8.53. The fourth-order valence-corrected chi connectivity index (χ4v) is 4.46. The number of hydrogen-bond acceptors (Lipinski definition) is 4. The van der Waals surface area contributed by atoms with Gasteiger partial charge >= 0.3 is 0 Å². The fraction of sp³-hybridized carbons (Fsp3) is 0.714. The molecule has 2 rings (SSSR count). The van der Waals surface area contributed by atoms with E-state index in [2.05, 4.69) is 57.9 Å². The maximum Gasteiger partial charge on any atom is 0.0576 e. The van der Waals surface area contributed by atoms with Crippen LogP contribution >= 0.6 is 27.3 Å². The third-order valence-corrected chi connectivity index (χ3v) is 5.85. The van der Waals surface area contributed by atoms with Crippen molar-refractivity contribution >= 4 is 27.3 Å². The zero-order valence-electron chi connectivity index (χ0n) is 12.0. The molecule has 5 heteroatoms. The van der Waals surface area contributed by atoms with Crippen molar-refractivity contribution in [1.29, 1.82) is 0 Å². The van der Waals surface area contributed by atoms with Crippen molar-refractivity contribution in [3.05, 3.63) is 20.8 Å². The van der Waals surface area contributed by atoms with E-state index in [0.717, 1.165) is 26.2 Å². The third-order valence-electron chi connectivity index (χ3n) is 3.87. The summed E-state index contributed by atoms with van der Waals surface area (Å²) in [6.45, 7) is 12.0. The van der Waals surface area contributed by atoms with Gasteiger partial charge in [-0.3, -0.25) is 9.80 Å². The minimum absolute atomic E-state index is 0.272. The van der Waals surface area contributed by atoms with Crippen molar-refractivity contribution in [1.82, 2.24) is 9.80 Å². The van der Waals surface area contributed by atoms with E-state index in [1.165, 1.54) is 9.35 Å². The lowest BCUT2D eigenvalue weighted by atomic mass is 10.0. The SMILES string of the molecule is CC(C)(C)N1CCN(C(CN)c2sccc2Br)CC1. The van der Waals surface area contributed by atoms with Crippen molar-refractivity contribution < 1.29 is 0 Å². The van der Waals surface area contributed by atoms with Gasteiger partial charge in [0.1, 0.15) is 0 Å². The summed E-state index contributed by atoms with van der Waals surface area (Å²) in [7, 11) is 0. The Morgan fingerprint density at radius 1 is 1.32 bits per heavy atom. The van der Waals surface area contributed by atoms with E-state index >= 15 is 0 Å². The van der Waals surface area contributed by atoms with Gasteiger partial charge in [-0.25, -0.2) is 0 Å². The molecule has 1 aromatic heterocycles. The largest absolute Gasteiger partial charge is 0.329 e. The molecule has 0 bridgehead atoms. The molecular weight excluding hydrogens is 322 g/mol. The summed E-state index contributed by atoms with van der Waals surface area (Å²) in [6, 6.07) is 2.48. The number of nitrogens with two attached hydrogens (primary N) is 1. The first-order valence-electron chi connectivity index (χ1n) is 6.85. The van der Waals surface area contributed by atoms with Gasteiger partial charge in [-0.2, -0.15) is 0 Å². The van der Waals surface area contributed by atoms with Gasteiger partial charge in [0.2, 0.25) is 0 Å². The van der Waals surface area contributed by atoms with Crippen LogP contribution in [0.25, 0.3) is 0 Å². The summed E-state index contributed by atoms with van der Waals surface area (Å²) >= 11 is 5.44. The molecule has 0 aliphatic carbocycles. The normalized spacial score (nSPS) is 20.7. The van der Waals surface area contributed by atoms with Crippen molar-refractivity contribution in [2.45, 2.75) is 32.4 Å². The van der Waals surface area contributed by atoms with Crippen molar-refractivity contribution in [2.75, 3.05) is 32.7 Å². The fourth-order valence-electron chi connectivity index (χ4n) is 2.67. The van der Waals surface area contributed by atoms with Crippen LogP contribution < -0.4 is 5.73 Å². The van der Waals surface area contributed by atoms with Crippen LogP contribution in [0.1, 0.15) is 31.7 Å². The van der Waals surface area contributed by atoms with E-state index in [1.54, 1.807) is 11.3 Å². The summed E-state index contributed by atoms with van der Waals surface area (Å²) in [5, 5.41) is 2.13. The molecule has 0 spiro atoms. The Kier molecular flexibility index (Phi) is 5.06. The lowest BCUT2D eigenvalue weighted by Crippen LogP contribution is -2.54. The van der Waals surface area contributed by atoms with Gasteiger partial charge < -0.3 is 5.73 Å². The molecule has 0 saturated carbocycles. The van der Waals surface area contributed by atoms with Gasteiger partial charge in [-0.1, -0.05) is 0 Å². The lowest BCUT2D eigenvalue weighted by molar-refractivity contribution is 0.0439. The van der Waals surface area contributed by atoms with E-state index in [4.69, 9.17) is 5.73 Å². The lowest BCUT2D eigenvalue weighted by Gasteiger charge is -2.44. The molecule has 2 N–H and O–H groups in total.